The Morgan fingerprint density at radius 3 is 2.60 bits per heavy atom. The van der Waals surface area contributed by atoms with Crippen molar-refractivity contribution in [2.75, 3.05) is 44.7 Å². The van der Waals surface area contributed by atoms with Gasteiger partial charge < -0.3 is 15.0 Å². The summed E-state index contributed by atoms with van der Waals surface area (Å²) in [5.41, 5.74) is 1.14. The number of nitrogens with one attached hydrogen (secondary N) is 1. The second-order valence-electron chi connectivity index (χ2n) is 7.37. The molecule has 0 aromatic heterocycles. The number of nitrogens with zero attached hydrogens (tertiary/aromatic N) is 2. The lowest BCUT2D eigenvalue weighted by atomic mass is 9.86. The lowest BCUT2D eigenvalue weighted by molar-refractivity contribution is -0.123. The molecule has 1 aromatic rings. The molecule has 25 heavy (non-hydrogen) atoms. The Balaban J connectivity index is 1.46. The second kappa shape index (κ2) is 8.56. The minimum Gasteiger partial charge on any atom is -0.495 e. The lowest BCUT2D eigenvalue weighted by Gasteiger charge is -2.37. The maximum absolute atomic E-state index is 12.4. The van der Waals surface area contributed by atoms with Crippen LogP contribution in [0.3, 0.4) is 0 Å². The number of para-hydroxylation sites is 2. The molecule has 1 aliphatic carbocycles. The third kappa shape index (κ3) is 4.66. The number of carbonyl (C=O) groups excluding carboxylic acids is 1. The van der Waals surface area contributed by atoms with E-state index in [1.165, 1.54) is 19.3 Å². The van der Waals surface area contributed by atoms with Crippen molar-refractivity contribution in [3.8, 4) is 5.75 Å². The van der Waals surface area contributed by atoms with E-state index in [9.17, 15) is 4.79 Å². The number of amides is 1. The molecule has 2 aliphatic rings. The van der Waals surface area contributed by atoms with Crippen molar-refractivity contribution < 1.29 is 9.53 Å². The first-order valence-electron chi connectivity index (χ1n) is 9.57. The van der Waals surface area contributed by atoms with Crippen LogP contribution in [0.4, 0.5) is 5.69 Å². The van der Waals surface area contributed by atoms with Gasteiger partial charge in [0.05, 0.1) is 19.3 Å². The van der Waals surface area contributed by atoms with Crippen LogP contribution in [-0.4, -0.2) is 56.7 Å². The van der Waals surface area contributed by atoms with E-state index in [2.05, 4.69) is 28.1 Å². The van der Waals surface area contributed by atoms with Crippen molar-refractivity contribution in [2.45, 2.75) is 38.6 Å². The maximum atomic E-state index is 12.4. The number of piperazine rings is 1. The molecule has 1 heterocycles. The van der Waals surface area contributed by atoms with E-state index in [0.717, 1.165) is 44.0 Å². The van der Waals surface area contributed by atoms with Crippen molar-refractivity contribution in [1.29, 1.82) is 0 Å². The standard InChI is InChI=1S/C20H31N3O2/c1-16-7-3-4-8-17(16)21-20(24)15-22-11-13-23(14-12-22)18-9-5-6-10-19(18)25-2/h5-6,9-10,16-17H,3-4,7-8,11-15H2,1-2H3,(H,21,24). The van der Waals surface area contributed by atoms with Crippen LogP contribution in [0, 0.1) is 5.92 Å². The lowest BCUT2D eigenvalue weighted by Crippen LogP contribution is -2.51. The molecule has 1 aromatic carbocycles. The highest BCUT2D eigenvalue weighted by molar-refractivity contribution is 5.78. The highest BCUT2D eigenvalue weighted by atomic mass is 16.5. The number of anilines is 1. The Morgan fingerprint density at radius 2 is 1.88 bits per heavy atom. The number of benzene rings is 1. The quantitative estimate of drug-likeness (QED) is 0.891. The Hall–Kier alpha value is -1.75. The molecule has 138 valence electrons. The minimum atomic E-state index is 0.185. The fourth-order valence-electron chi connectivity index (χ4n) is 4.02. The molecule has 2 atom stereocenters. The number of ether oxygens (including phenoxy) is 1. The summed E-state index contributed by atoms with van der Waals surface area (Å²) in [6.45, 7) is 6.44. The zero-order valence-corrected chi connectivity index (χ0v) is 15.5. The van der Waals surface area contributed by atoms with Crippen LogP contribution in [0.2, 0.25) is 0 Å². The topological polar surface area (TPSA) is 44.8 Å². The monoisotopic (exact) mass is 345 g/mol. The van der Waals surface area contributed by atoms with Crippen LogP contribution >= 0.6 is 0 Å². The van der Waals surface area contributed by atoms with Gasteiger partial charge in [-0.2, -0.15) is 0 Å². The highest BCUT2D eigenvalue weighted by Crippen LogP contribution is 2.28. The predicted molar refractivity (Wildman–Crippen MR) is 101 cm³/mol. The summed E-state index contributed by atoms with van der Waals surface area (Å²) in [7, 11) is 1.71. The molecule has 1 saturated carbocycles. The first kappa shape index (κ1) is 18.1. The molecule has 1 saturated heterocycles. The average Bonchev–Trinajstić information content (AvgIpc) is 2.64. The largest absolute Gasteiger partial charge is 0.495 e. The summed E-state index contributed by atoms with van der Waals surface area (Å²) in [6.07, 6.45) is 4.92. The van der Waals surface area contributed by atoms with Crippen molar-refractivity contribution >= 4 is 11.6 Å². The van der Waals surface area contributed by atoms with Gasteiger partial charge in [-0.05, 0) is 30.9 Å². The molecule has 1 aliphatic heterocycles. The molecular weight excluding hydrogens is 314 g/mol. The van der Waals surface area contributed by atoms with E-state index in [0.29, 0.717) is 18.5 Å². The Morgan fingerprint density at radius 1 is 1.16 bits per heavy atom. The summed E-state index contributed by atoms with van der Waals surface area (Å²) in [5.74, 6) is 1.71. The minimum absolute atomic E-state index is 0.185. The summed E-state index contributed by atoms with van der Waals surface area (Å²) < 4.78 is 5.47. The molecule has 3 rings (SSSR count). The number of hydrogen-bond acceptors (Lipinski definition) is 4. The van der Waals surface area contributed by atoms with Gasteiger partial charge in [0.15, 0.2) is 0 Å². The summed E-state index contributed by atoms with van der Waals surface area (Å²) in [6, 6.07) is 8.51. The first-order valence-corrected chi connectivity index (χ1v) is 9.57. The van der Waals surface area contributed by atoms with Crippen molar-refractivity contribution in [1.82, 2.24) is 10.2 Å². The molecule has 0 radical (unpaired) electrons. The molecule has 2 fully saturated rings. The maximum Gasteiger partial charge on any atom is 0.234 e. The SMILES string of the molecule is COc1ccccc1N1CCN(CC(=O)NC2CCCCC2C)CC1. The Kier molecular flexibility index (Phi) is 6.19. The zero-order chi connectivity index (χ0) is 17.6. The van der Waals surface area contributed by atoms with Crippen molar-refractivity contribution in [3.05, 3.63) is 24.3 Å². The average molecular weight is 345 g/mol. The summed E-state index contributed by atoms with van der Waals surface area (Å²) in [5, 5.41) is 3.26. The number of rotatable bonds is 5. The predicted octanol–water partition coefficient (Wildman–Crippen LogP) is 2.51. The van der Waals surface area contributed by atoms with E-state index in [4.69, 9.17) is 4.74 Å². The van der Waals surface area contributed by atoms with Gasteiger partial charge in [-0.25, -0.2) is 0 Å². The van der Waals surface area contributed by atoms with Gasteiger partial charge in [0.2, 0.25) is 5.91 Å². The molecule has 5 nitrogen and oxygen atoms in total. The van der Waals surface area contributed by atoms with Gasteiger partial charge in [0.25, 0.3) is 0 Å². The Bertz CT molecular complexity index is 570. The molecule has 1 amide bonds. The molecule has 5 heteroatoms. The van der Waals surface area contributed by atoms with Crippen LogP contribution in [-0.2, 0) is 4.79 Å². The van der Waals surface area contributed by atoms with Gasteiger partial charge >= 0.3 is 0 Å². The first-order chi connectivity index (χ1) is 12.2. The van der Waals surface area contributed by atoms with Crippen LogP contribution in [0.5, 0.6) is 5.75 Å². The molecule has 0 spiro atoms. The zero-order valence-electron chi connectivity index (χ0n) is 15.5. The van der Waals surface area contributed by atoms with Crippen LogP contribution < -0.4 is 15.0 Å². The fraction of sp³-hybridized carbons (Fsp3) is 0.650. The highest BCUT2D eigenvalue weighted by Gasteiger charge is 2.25. The van der Waals surface area contributed by atoms with Gasteiger partial charge in [-0.3, -0.25) is 9.69 Å². The molecular formula is C20H31N3O2. The van der Waals surface area contributed by atoms with E-state index in [1.54, 1.807) is 7.11 Å². The van der Waals surface area contributed by atoms with Gasteiger partial charge in [-0.1, -0.05) is 31.9 Å². The third-order valence-corrected chi connectivity index (χ3v) is 5.62. The van der Waals surface area contributed by atoms with Gasteiger partial charge in [0, 0.05) is 32.2 Å². The summed E-state index contributed by atoms with van der Waals surface area (Å²) >= 11 is 0. The smallest absolute Gasteiger partial charge is 0.234 e. The van der Waals surface area contributed by atoms with E-state index >= 15 is 0 Å². The van der Waals surface area contributed by atoms with E-state index < -0.39 is 0 Å². The van der Waals surface area contributed by atoms with Crippen molar-refractivity contribution in [3.63, 3.8) is 0 Å². The third-order valence-electron chi connectivity index (χ3n) is 5.62. The van der Waals surface area contributed by atoms with Crippen LogP contribution in [0.25, 0.3) is 0 Å². The number of hydrogen-bond donors (Lipinski definition) is 1. The van der Waals surface area contributed by atoms with Gasteiger partial charge in [0.1, 0.15) is 5.75 Å². The van der Waals surface area contributed by atoms with Gasteiger partial charge in [-0.15, -0.1) is 0 Å². The number of carbonyl (C=O) groups is 1. The van der Waals surface area contributed by atoms with E-state index in [1.807, 2.05) is 18.2 Å². The Labute approximate surface area is 151 Å². The molecule has 1 N–H and O–H groups in total. The molecule has 0 bridgehead atoms. The fourth-order valence-corrected chi connectivity index (χ4v) is 4.02. The van der Waals surface area contributed by atoms with Crippen LogP contribution in [0.15, 0.2) is 24.3 Å². The molecule has 2 unspecified atom stereocenters. The van der Waals surface area contributed by atoms with E-state index in [-0.39, 0.29) is 5.91 Å². The van der Waals surface area contributed by atoms with Crippen LogP contribution in [0.1, 0.15) is 32.6 Å². The summed E-state index contributed by atoms with van der Waals surface area (Å²) in [4.78, 5) is 17.0. The normalized spacial score (nSPS) is 24.8. The second-order valence-corrected chi connectivity index (χ2v) is 7.37. The van der Waals surface area contributed by atoms with Crippen molar-refractivity contribution in [2.24, 2.45) is 5.92 Å². The number of methoxy groups -OCH3 is 1.